The van der Waals surface area contributed by atoms with E-state index >= 15 is 0 Å². The molecule has 3 nitrogen and oxygen atoms in total. The predicted molar refractivity (Wildman–Crippen MR) is 48.6 cm³/mol. The Balaban J connectivity index is 2.53. The molecule has 0 aromatic heterocycles. The van der Waals surface area contributed by atoms with Gasteiger partial charge in [0.15, 0.2) is 6.79 Å². The average molecular weight is 249 g/mol. The van der Waals surface area contributed by atoms with Gasteiger partial charge in [-0.25, -0.2) is 4.39 Å². The van der Waals surface area contributed by atoms with Crippen LogP contribution in [0.5, 0.6) is 5.75 Å². The van der Waals surface area contributed by atoms with Crippen LogP contribution < -0.4 is 4.74 Å². The van der Waals surface area contributed by atoms with E-state index in [4.69, 9.17) is 10.00 Å². The van der Waals surface area contributed by atoms with Gasteiger partial charge in [0.1, 0.15) is 29.8 Å². The molecule has 0 unspecified atom stereocenters. The van der Waals surface area contributed by atoms with Crippen LogP contribution in [-0.2, 0) is 4.74 Å². The fourth-order valence-electron chi connectivity index (χ4n) is 0.996. The summed E-state index contributed by atoms with van der Waals surface area (Å²) in [5.41, 5.74) is -0.372. The first kappa shape index (κ1) is 13.3. The Bertz CT molecular complexity index is 425. The van der Waals surface area contributed by atoms with Crippen LogP contribution in [0.1, 0.15) is 5.56 Å². The third-order valence-corrected chi connectivity index (χ3v) is 1.65. The zero-order valence-corrected chi connectivity index (χ0v) is 8.42. The van der Waals surface area contributed by atoms with E-state index in [2.05, 4.69) is 4.74 Å². The molecule has 0 saturated carbocycles. The quantitative estimate of drug-likeness (QED) is 0.468. The van der Waals surface area contributed by atoms with Crippen molar-refractivity contribution in [1.29, 1.82) is 5.26 Å². The summed E-state index contributed by atoms with van der Waals surface area (Å²) < 4.78 is 57.0. The number of ether oxygens (including phenoxy) is 2. The van der Waals surface area contributed by atoms with Gasteiger partial charge in [0.05, 0.1) is 0 Å². The number of nitriles is 1. The summed E-state index contributed by atoms with van der Waals surface area (Å²) in [6.07, 6.45) is -4.46. The van der Waals surface area contributed by atoms with Gasteiger partial charge in [-0.1, -0.05) is 6.07 Å². The molecule has 0 fully saturated rings. The van der Waals surface area contributed by atoms with E-state index in [0.717, 1.165) is 6.07 Å². The van der Waals surface area contributed by atoms with Gasteiger partial charge >= 0.3 is 6.18 Å². The highest BCUT2D eigenvalue weighted by atomic mass is 19.4. The molecule has 0 amide bonds. The second-order valence-electron chi connectivity index (χ2n) is 2.95. The molecule has 1 aromatic rings. The minimum Gasteiger partial charge on any atom is -0.466 e. The minimum absolute atomic E-state index is 0.158. The second-order valence-corrected chi connectivity index (χ2v) is 2.95. The van der Waals surface area contributed by atoms with Crippen LogP contribution in [0.2, 0.25) is 0 Å². The number of nitrogens with zero attached hydrogens (tertiary/aromatic N) is 1. The molecule has 0 aliphatic rings. The number of halogens is 4. The maximum atomic E-state index is 13.0. The van der Waals surface area contributed by atoms with E-state index in [1.165, 1.54) is 12.1 Å². The standard InChI is InChI=1S/C10H7F4NO2/c11-8-2-1-3-9(7(8)4-15)17-6-16-5-10(12,13)14/h1-3H,5-6H2. The summed E-state index contributed by atoms with van der Waals surface area (Å²) in [5.74, 6) is -0.963. The van der Waals surface area contributed by atoms with Crippen molar-refractivity contribution < 1.29 is 27.0 Å². The van der Waals surface area contributed by atoms with E-state index in [9.17, 15) is 17.6 Å². The van der Waals surface area contributed by atoms with Gasteiger partial charge in [0.25, 0.3) is 0 Å². The number of alkyl halides is 3. The van der Waals surface area contributed by atoms with Crippen LogP contribution >= 0.6 is 0 Å². The molecule has 92 valence electrons. The minimum atomic E-state index is -4.46. The maximum absolute atomic E-state index is 13.0. The molecule has 0 saturated heterocycles. The molecule has 0 atom stereocenters. The first-order valence-electron chi connectivity index (χ1n) is 4.40. The summed E-state index contributed by atoms with van der Waals surface area (Å²) in [5, 5.41) is 8.59. The number of hydrogen-bond donors (Lipinski definition) is 0. The van der Waals surface area contributed by atoms with Crippen molar-refractivity contribution in [2.45, 2.75) is 6.18 Å². The molecule has 0 spiro atoms. The first-order chi connectivity index (χ1) is 7.94. The van der Waals surface area contributed by atoms with Gasteiger partial charge in [-0.15, -0.1) is 0 Å². The van der Waals surface area contributed by atoms with Gasteiger partial charge in [0, 0.05) is 0 Å². The molecular weight excluding hydrogens is 242 g/mol. The van der Waals surface area contributed by atoms with Crippen molar-refractivity contribution in [1.82, 2.24) is 0 Å². The Labute approximate surface area is 94.2 Å². The van der Waals surface area contributed by atoms with Crippen molar-refractivity contribution in [3.8, 4) is 11.8 Å². The number of benzene rings is 1. The van der Waals surface area contributed by atoms with Gasteiger partial charge in [0.2, 0.25) is 0 Å². The highest BCUT2D eigenvalue weighted by molar-refractivity contribution is 5.43. The zero-order chi connectivity index (χ0) is 12.9. The molecule has 1 aromatic carbocycles. The molecular formula is C10H7F4NO2. The molecule has 17 heavy (non-hydrogen) atoms. The Morgan fingerprint density at radius 1 is 1.29 bits per heavy atom. The van der Waals surface area contributed by atoms with Crippen molar-refractivity contribution >= 4 is 0 Å². The third kappa shape index (κ3) is 4.28. The highest BCUT2D eigenvalue weighted by Gasteiger charge is 2.27. The molecule has 0 radical (unpaired) electrons. The lowest BCUT2D eigenvalue weighted by Gasteiger charge is -2.10. The van der Waals surface area contributed by atoms with Crippen molar-refractivity contribution in [3.05, 3.63) is 29.6 Å². The average Bonchev–Trinajstić information content (AvgIpc) is 2.23. The number of rotatable bonds is 4. The fraction of sp³-hybridized carbons (Fsp3) is 0.300. The van der Waals surface area contributed by atoms with Gasteiger partial charge in [-0.3, -0.25) is 0 Å². The van der Waals surface area contributed by atoms with Crippen molar-refractivity contribution in [2.24, 2.45) is 0 Å². The van der Waals surface area contributed by atoms with Crippen LogP contribution in [0, 0.1) is 17.1 Å². The number of hydrogen-bond acceptors (Lipinski definition) is 3. The van der Waals surface area contributed by atoms with Crippen LogP contribution in [-0.4, -0.2) is 19.6 Å². The van der Waals surface area contributed by atoms with Crippen LogP contribution in [0.4, 0.5) is 17.6 Å². The maximum Gasteiger partial charge on any atom is 0.411 e. The predicted octanol–water partition coefficient (Wildman–Crippen LogP) is 2.61. The normalized spacial score (nSPS) is 11.0. The van der Waals surface area contributed by atoms with E-state index in [0.29, 0.717) is 0 Å². The van der Waals surface area contributed by atoms with Crippen LogP contribution in [0.15, 0.2) is 18.2 Å². The van der Waals surface area contributed by atoms with E-state index in [1.807, 2.05) is 0 Å². The Morgan fingerprint density at radius 3 is 2.59 bits per heavy atom. The largest absolute Gasteiger partial charge is 0.466 e. The molecule has 0 aliphatic heterocycles. The first-order valence-corrected chi connectivity index (χ1v) is 4.40. The van der Waals surface area contributed by atoms with E-state index < -0.39 is 25.4 Å². The topological polar surface area (TPSA) is 42.2 Å². The summed E-state index contributed by atoms with van der Waals surface area (Å²) >= 11 is 0. The van der Waals surface area contributed by atoms with E-state index in [-0.39, 0.29) is 11.3 Å². The highest BCUT2D eigenvalue weighted by Crippen LogP contribution is 2.20. The molecule has 1 rings (SSSR count). The molecule has 0 aliphatic carbocycles. The summed E-state index contributed by atoms with van der Waals surface area (Å²) in [6.45, 7) is -2.18. The second kappa shape index (κ2) is 5.50. The summed E-state index contributed by atoms with van der Waals surface area (Å²) in [6, 6.07) is 5.12. The Kier molecular flexibility index (Phi) is 4.29. The van der Waals surface area contributed by atoms with Crippen molar-refractivity contribution in [2.75, 3.05) is 13.4 Å². The molecule has 0 bridgehead atoms. The van der Waals surface area contributed by atoms with Crippen LogP contribution in [0.25, 0.3) is 0 Å². The lowest BCUT2D eigenvalue weighted by atomic mass is 10.2. The van der Waals surface area contributed by atoms with E-state index in [1.54, 1.807) is 6.07 Å². The molecule has 0 N–H and O–H groups in total. The molecule has 7 heteroatoms. The summed E-state index contributed by atoms with van der Waals surface area (Å²) in [4.78, 5) is 0. The lowest BCUT2D eigenvalue weighted by Crippen LogP contribution is -2.19. The third-order valence-electron chi connectivity index (χ3n) is 1.65. The molecule has 0 heterocycles. The lowest BCUT2D eigenvalue weighted by molar-refractivity contribution is -0.186. The van der Waals surface area contributed by atoms with Gasteiger partial charge < -0.3 is 9.47 Å². The van der Waals surface area contributed by atoms with Gasteiger partial charge in [-0.05, 0) is 12.1 Å². The van der Waals surface area contributed by atoms with Crippen LogP contribution in [0.3, 0.4) is 0 Å². The summed E-state index contributed by atoms with van der Waals surface area (Å²) in [7, 11) is 0. The van der Waals surface area contributed by atoms with Crippen molar-refractivity contribution in [3.63, 3.8) is 0 Å². The Hall–Kier alpha value is -1.81. The fourth-order valence-corrected chi connectivity index (χ4v) is 0.996. The Morgan fingerprint density at radius 2 is 2.00 bits per heavy atom. The smallest absolute Gasteiger partial charge is 0.411 e. The zero-order valence-electron chi connectivity index (χ0n) is 8.42. The van der Waals surface area contributed by atoms with Gasteiger partial charge in [-0.2, -0.15) is 18.4 Å². The SMILES string of the molecule is N#Cc1c(F)cccc1OCOCC(F)(F)F. The monoisotopic (exact) mass is 249 g/mol.